The predicted molar refractivity (Wildman–Crippen MR) is 50.7 cm³/mol. The molecule has 62 valence electrons. The molecule has 2 heteroatoms. The third-order valence-corrected chi connectivity index (χ3v) is 1.99. The molecule has 12 heavy (non-hydrogen) atoms. The Kier molecular flexibility index (Phi) is 1.43. The summed E-state index contributed by atoms with van der Waals surface area (Å²) in [5.74, 6) is 0. The number of hydrogen-bond acceptors (Lipinski definition) is 2. The zero-order chi connectivity index (χ0) is 8.60. The van der Waals surface area contributed by atoms with Crippen molar-refractivity contribution in [1.82, 2.24) is 5.32 Å². The number of nitrogens with one attached hydrogen (secondary N) is 1. The average Bonchev–Trinajstić information content (AvgIpc) is 2.02. The van der Waals surface area contributed by atoms with E-state index >= 15 is 0 Å². The van der Waals surface area contributed by atoms with Crippen LogP contribution in [0.3, 0.4) is 0 Å². The summed E-state index contributed by atoms with van der Waals surface area (Å²) in [7, 11) is 0. The van der Waals surface area contributed by atoms with Crippen molar-refractivity contribution in [2.24, 2.45) is 10.4 Å². The summed E-state index contributed by atoms with van der Waals surface area (Å²) in [4.78, 5) is 4.24. The second-order valence-electron chi connectivity index (χ2n) is 3.69. The highest BCUT2D eigenvalue weighted by Gasteiger charge is 2.19. The zero-order valence-corrected chi connectivity index (χ0v) is 7.33. The third-order valence-electron chi connectivity index (χ3n) is 1.99. The third kappa shape index (κ3) is 1.20. The summed E-state index contributed by atoms with van der Waals surface area (Å²) >= 11 is 0. The second-order valence-corrected chi connectivity index (χ2v) is 3.69. The molecule has 0 amide bonds. The molecule has 1 aliphatic carbocycles. The Bertz CT molecular complexity index is 317. The lowest BCUT2D eigenvalue weighted by Crippen LogP contribution is -2.23. The first-order chi connectivity index (χ1) is 5.67. The van der Waals surface area contributed by atoms with Crippen LogP contribution in [-0.4, -0.2) is 5.71 Å². The van der Waals surface area contributed by atoms with Crippen molar-refractivity contribution in [1.29, 1.82) is 0 Å². The van der Waals surface area contributed by atoms with Crippen molar-refractivity contribution in [3.05, 3.63) is 36.3 Å². The largest absolute Gasteiger partial charge is 0.359 e. The van der Waals surface area contributed by atoms with E-state index in [1.807, 2.05) is 6.20 Å². The van der Waals surface area contributed by atoms with E-state index in [1.54, 1.807) is 6.20 Å². The van der Waals surface area contributed by atoms with Gasteiger partial charge in [0.25, 0.3) is 0 Å². The molecule has 2 aliphatic rings. The van der Waals surface area contributed by atoms with Crippen LogP contribution in [0.15, 0.2) is 41.3 Å². The maximum Gasteiger partial charge on any atom is 0.0859 e. The van der Waals surface area contributed by atoms with Crippen molar-refractivity contribution in [3.63, 3.8) is 0 Å². The van der Waals surface area contributed by atoms with E-state index in [0.29, 0.717) is 0 Å². The molecule has 0 saturated carbocycles. The van der Waals surface area contributed by atoms with E-state index in [1.165, 1.54) is 0 Å². The lowest BCUT2D eigenvalue weighted by Gasteiger charge is -2.23. The molecule has 2 rings (SSSR count). The Hall–Kier alpha value is -1.31. The zero-order valence-electron chi connectivity index (χ0n) is 7.33. The molecule has 0 aromatic carbocycles. The predicted octanol–water partition coefficient (Wildman–Crippen LogP) is 1.98. The Morgan fingerprint density at radius 1 is 1.42 bits per heavy atom. The smallest absolute Gasteiger partial charge is 0.0859 e. The van der Waals surface area contributed by atoms with Crippen LogP contribution in [-0.2, 0) is 0 Å². The van der Waals surface area contributed by atoms with Gasteiger partial charge in [0, 0.05) is 17.8 Å². The molecule has 0 spiro atoms. The van der Waals surface area contributed by atoms with Crippen LogP contribution >= 0.6 is 0 Å². The van der Waals surface area contributed by atoms with Crippen molar-refractivity contribution < 1.29 is 0 Å². The van der Waals surface area contributed by atoms with E-state index in [-0.39, 0.29) is 5.41 Å². The molecule has 0 aromatic heterocycles. The number of aliphatic imine (C=N–C) groups is 1. The van der Waals surface area contributed by atoms with Gasteiger partial charge in [-0.2, -0.15) is 0 Å². The first-order valence-corrected chi connectivity index (χ1v) is 4.09. The number of nitrogens with zero attached hydrogens (tertiary/aromatic N) is 1. The van der Waals surface area contributed by atoms with Crippen LogP contribution in [0.1, 0.15) is 13.8 Å². The van der Waals surface area contributed by atoms with Gasteiger partial charge >= 0.3 is 0 Å². The first kappa shape index (κ1) is 7.35. The van der Waals surface area contributed by atoms with E-state index in [9.17, 15) is 0 Å². The van der Waals surface area contributed by atoms with Crippen LogP contribution in [0.5, 0.6) is 0 Å². The minimum Gasteiger partial charge on any atom is -0.359 e. The summed E-state index contributed by atoms with van der Waals surface area (Å²) < 4.78 is 0. The topological polar surface area (TPSA) is 24.4 Å². The number of hydrogen-bond donors (Lipinski definition) is 1. The molecular weight excluding hydrogens is 148 g/mol. The fourth-order valence-electron chi connectivity index (χ4n) is 1.35. The summed E-state index contributed by atoms with van der Waals surface area (Å²) in [6.45, 7) is 4.35. The van der Waals surface area contributed by atoms with Crippen LogP contribution in [0.2, 0.25) is 0 Å². The maximum absolute atomic E-state index is 4.24. The summed E-state index contributed by atoms with van der Waals surface area (Å²) in [6.07, 6.45) is 10.0. The second kappa shape index (κ2) is 2.34. The molecule has 1 heterocycles. The quantitative estimate of drug-likeness (QED) is 0.575. The molecule has 2 nitrogen and oxygen atoms in total. The monoisotopic (exact) mass is 160 g/mol. The van der Waals surface area contributed by atoms with Crippen LogP contribution in [0.25, 0.3) is 0 Å². The summed E-state index contributed by atoms with van der Waals surface area (Å²) in [5, 5.41) is 3.18. The highest BCUT2D eigenvalue weighted by molar-refractivity contribution is 6.09. The standard InChI is InChI=1S/C10H12N2/c1-10(2)4-3-8-9(7-10)12-6-5-11-8/h3-7,12H,1-2H3. The molecule has 1 aliphatic heterocycles. The molecule has 0 bridgehead atoms. The lowest BCUT2D eigenvalue weighted by molar-refractivity contribution is 0.616. The maximum atomic E-state index is 4.24. The Morgan fingerprint density at radius 2 is 2.25 bits per heavy atom. The van der Waals surface area contributed by atoms with Gasteiger partial charge in [-0.05, 0) is 12.2 Å². The number of fused-ring (bicyclic) bond motifs is 1. The van der Waals surface area contributed by atoms with Crippen LogP contribution < -0.4 is 5.32 Å². The molecule has 1 N–H and O–H groups in total. The van der Waals surface area contributed by atoms with Crippen LogP contribution in [0, 0.1) is 5.41 Å². The minimum absolute atomic E-state index is 0.145. The van der Waals surface area contributed by atoms with E-state index in [0.717, 1.165) is 11.4 Å². The SMILES string of the molecule is CC1(C)C=CC2=NC=CNC2=C1. The molecule has 0 radical (unpaired) electrons. The van der Waals surface area contributed by atoms with Gasteiger partial charge in [-0.1, -0.05) is 19.9 Å². The number of rotatable bonds is 0. The molecule has 0 fully saturated rings. The average molecular weight is 160 g/mol. The minimum atomic E-state index is 0.145. The summed E-state index contributed by atoms with van der Waals surface area (Å²) in [5.41, 5.74) is 2.29. The normalized spacial score (nSPS) is 23.8. The van der Waals surface area contributed by atoms with Gasteiger partial charge in [0.15, 0.2) is 0 Å². The Balaban J connectivity index is 2.40. The van der Waals surface area contributed by atoms with Crippen molar-refractivity contribution in [3.8, 4) is 0 Å². The van der Waals surface area contributed by atoms with Crippen molar-refractivity contribution in [2.75, 3.05) is 0 Å². The van der Waals surface area contributed by atoms with Gasteiger partial charge in [-0.25, -0.2) is 0 Å². The van der Waals surface area contributed by atoms with Gasteiger partial charge < -0.3 is 5.32 Å². The Labute approximate surface area is 72.4 Å². The molecular formula is C10H12N2. The van der Waals surface area contributed by atoms with Gasteiger partial charge in [0.05, 0.1) is 11.4 Å². The van der Waals surface area contributed by atoms with Crippen molar-refractivity contribution in [2.45, 2.75) is 13.8 Å². The molecule has 0 saturated heterocycles. The summed E-state index contributed by atoms with van der Waals surface area (Å²) in [6, 6.07) is 0. The number of allylic oxidation sites excluding steroid dienone is 3. The highest BCUT2D eigenvalue weighted by atomic mass is 14.9. The Morgan fingerprint density at radius 3 is 3.08 bits per heavy atom. The van der Waals surface area contributed by atoms with E-state index in [2.05, 4.69) is 42.4 Å². The molecule has 0 atom stereocenters. The fourth-order valence-corrected chi connectivity index (χ4v) is 1.35. The fraction of sp³-hybridized carbons (Fsp3) is 0.300. The van der Waals surface area contributed by atoms with Gasteiger partial charge in [-0.3, -0.25) is 4.99 Å². The van der Waals surface area contributed by atoms with Crippen molar-refractivity contribution >= 4 is 5.71 Å². The first-order valence-electron chi connectivity index (χ1n) is 4.09. The van der Waals surface area contributed by atoms with Gasteiger partial charge in [-0.15, -0.1) is 0 Å². The van der Waals surface area contributed by atoms with E-state index in [4.69, 9.17) is 0 Å². The molecule has 0 unspecified atom stereocenters. The van der Waals surface area contributed by atoms with E-state index < -0.39 is 0 Å². The lowest BCUT2D eigenvalue weighted by atomic mass is 9.86. The molecule has 0 aromatic rings. The van der Waals surface area contributed by atoms with Gasteiger partial charge in [0.1, 0.15) is 0 Å². The van der Waals surface area contributed by atoms with Crippen LogP contribution in [0.4, 0.5) is 0 Å². The highest BCUT2D eigenvalue weighted by Crippen LogP contribution is 2.25. The van der Waals surface area contributed by atoms with Gasteiger partial charge in [0.2, 0.25) is 0 Å².